The van der Waals surface area contributed by atoms with E-state index >= 15 is 0 Å². The molecule has 2 aromatic rings. The Labute approximate surface area is 109 Å². The summed E-state index contributed by atoms with van der Waals surface area (Å²) >= 11 is 0. The number of H-pyrrole nitrogens is 1. The van der Waals surface area contributed by atoms with Crippen LogP contribution in [0, 0.1) is 19.7 Å². The van der Waals surface area contributed by atoms with Gasteiger partial charge in [-0.05, 0) is 36.6 Å². The fraction of sp³-hybridized carbons (Fsp3) is 0.385. The fourth-order valence-corrected chi connectivity index (χ4v) is 2.14. The summed E-state index contributed by atoms with van der Waals surface area (Å²) in [5.41, 5.74) is 8.35. The lowest BCUT2D eigenvalue weighted by atomic mass is 9.88. The Morgan fingerprint density at radius 2 is 2.11 bits per heavy atom. The fourth-order valence-electron chi connectivity index (χ4n) is 2.14. The topological polar surface area (TPSA) is 84.9 Å². The molecule has 0 aliphatic heterocycles. The highest BCUT2D eigenvalue weighted by Crippen LogP contribution is 2.32. The highest BCUT2D eigenvalue weighted by molar-refractivity contribution is 5.37. The molecule has 2 rings (SSSR count). The van der Waals surface area contributed by atoms with E-state index in [1.54, 1.807) is 13.0 Å². The second-order valence-electron chi connectivity index (χ2n) is 4.67. The molecular formula is C13H16FN3O2. The third-order valence-electron chi connectivity index (χ3n) is 3.47. The average molecular weight is 265 g/mol. The van der Waals surface area contributed by atoms with Crippen molar-refractivity contribution in [3.05, 3.63) is 51.1 Å². The summed E-state index contributed by atoms with van der Waals surface area (Å²) in [6.45, 7) is 5.53. The monoisotopic (exact) mass is 265 g/mol. The summed E-state index contributed by atoms with van der Waals surface area (Å²) in [6, 6.07) is 2.46. The molecule has 0 aliphatic carbocycles. The summed E-state index contributed by atoms with van der Waals surface area (Å²) in [5, 5.41) is 5.84. The predicted molar refractivity (Wildman–Crippen MR) is 68.3 cm³/mol. The molecule has 6 heteroatoms. The Morgan fingerprint density at radius 3 is 2.68 bits per heavy atom. The van der Waals surface area contributed by atoms with Gasteiger partial charge < -0.3 is 10.2 Å². The summed E-state index contributed by atoms with van der Waals surface area (Å²) in [7, 11) is 0. The average Bonchev–Trinajstić information content (AvgIpc) is 2.80. The maximum atomic E-state index is 14.0. The van der Waals surface area contributed by atoms with Crippen LogP contribution in [-0.2, 0) is 0 Å². The largest absolute Gasteiger partial charge is 0.434 e. The van der Waals surface area contributed by atoms with Gasteiger partial charge in [0.25, 0.3) is 0 Å². The molecule has 3 N–H and O–H groups in total. The molecule has 0 saturated heterocycles. The van der Waals surface area contributed by atoms with Crippen molar-refractivity contribution in [2.75, 3.05) is 0 Å². The summed E-state index contributed by atoms with van der Waals surface area (Å²) < 4.78 is 18.8. The lowest BCUT2D eigenvalue weighted by Crippen LogP contribution is -2.20. The highest BCUT2D eigenvalue weighted by Gasteiger charge is 2.25. The van der Waals surface area contributed by atoms with Crippen LogP contribution < -0.4 is 11.5 Å². The van der Waals surface area contributed by atoms with E-state index in [1.165, 1.54) is 6.07 Å². The smallest absolute Gasteiger partial charge is 0.391 e. The van der Waals surface area contributed by atoms with Crippen molar-refractivity contribution in [2.45, 2.75) is 32.7 Å². The van der Waals surface area contributed by atoms with Gasteiger partial charge in [-0.3, -0.25) is 0 Å². The lowest BCUT2D eigenvalue weighted by molar-refractivity contribution is 0.396. The van der Waals surface area contributed by atoms with Crippen LogP contribution in [0.15, 0.2) is 21.3 Å². The molecule has 0 saturated carbocycles. The minimum atomic E-state index is -0.686. The van der Waals surface area contributed by atoms with Gasteiger partial charge in [-0.1, -0.05) is 13.0 Å². The quantitative estimate of drug-likeness (QED) is 0.887. The molecule has 19 heavy (non-hydrogen) atoms. The minimum Gasteiger partial charge on any atom is -0.391 e. The zero-order chi connectivity index (χ0) is 14.2. The number of hydrogen-bond donors (Lipinski definition) is 2. The van der Waals surface area contributed by atoms with Crippen molar-refractivity contribution >= 4 is 0 Å². The van der Waals surface area contributed by atoms with Gasteiger partial charge in [0.2, 0.25) is 5.89 Å². The van der Waals surface area contributed by atoms with Crippen LogP contribution in [-0.4, -0.2) is 10.2 Å². The molecule has 1 heterocycles. The van der Waals surface area contributed by atoms with Gasteiger partial charge in [0.1, 0.15) is 5.82 Å². The van der Waals surface area contributed by atoms with Crippen LogP contribution in [0.1, 0.15) is 41.5 Å². The van der Waals surface area contributed by atoms with Crippen molar-refractivity contribution in [2.24, 2.45) is 5.73 Å². The molecule has 2 atom stereocenters. The zero-order valence-electron chi connectivity index (χ0n) is 11.0. The van der Waals surface area contributed by atoms with E-state index in [0.717, 1.165) is 11.1 Å². The number of aryl methyl sites for hydroxylation is 1. The van der Waals surface area contributed by atoms with E-state index in [1.807, 2.05) is 13.8 Å². The first-order valence-electron chi connectivity index (χ1n) is 5.98. The second-order valence-corrected chi connectivity index (χ2v) is 4.67. The molecule has 0 aliphatic rings. The molecular weight excluding hydrogens is 249 g/mol. The molecule has 0 fully saturated rings. The number of aromatic nitrogens is 2. The number of hydrogen-bond acceptors (Lipinski definition) is 4. The van der Waals surface area contributed by atoms with Gasteiger partial charge in [0.05, 0.1) is 6.04 Å². The van der Waals surface area contributed by atoms with Gasteiger partial charge in [-0.2, -0.15) is 0 Å². The summed E-state index contributed by atoms with van der Waals surface area (Å²) in [5.74, 6) is -1.26. The van der Waals surface area contributed by atoms with Gasteiger partial charge in [0.15, 0.2) is 0 Å². The molecule has 0 unspecified atom stereocenters. The van der Waals surface area contributed by atoms with E-state index < -0.39 is 11.8 Å². The van der Waals surface area contributed by atoms with E-state index in [9.17, 15) is 9.18 Å². The Morgan fingerprint density at radius 1 is 1.42 bits per heavy atom. The Hall–Kier alpha value is -1.95. The van der Waals surface area contributed by atoms with Crippen LogP contribution in [0.2, 0.25) is 0 Å². The molecule has 1 aromatic carbocycles. The molecule has 0 spiro atoms. The first-order valence-corrected chi connectivity index (χ1v) is 5.98. The van der Waals surface area contributed by atoms with Gasteiger partial charge in [0, 0.05) is 5.92 Å². The summed E-state index contributed by atoms with van der Waals surface area (Å²) in [4.78, 5) is 10.9. The number of rotatable bonds is 3. The van der Waals surface area contributed by atoms with Crippen molar-refractivity contribution in [3.8, 4) is 0 Å². The molecule has 102 valence electrons. The Balaban J connectivity index is 2.42. The predicted octanol–water partition coefficient (Wildman–Crippen LogP) is 1.92. The number of nitrogens with two attached hydrogens (primary N) is 1. The molecule has 5 nitrogen and oxygen atoms in total. The standard InChI is InChI=1S/C13H16FN3O2/c1-6-4-5-9(14)10(7(6)2)8(3)11(15)12-16-17-13(18)19-12/h4-5,8,11H,15H2,1-3H3,(H,17,18)/t8-,11-/m1/s1. The van der Waals surface area contributed by atoms with Gasteiger partial charge in [-0.25, -0.2) is 14.3 Å². The van der Waals surface area contributed by atoms with Crippen molar-refractivity contribution in [1.82, 2.24) is 10.2 Å². The number of aromatic amines is 1. The van der Waals surface area contributed by atoms with Crippen LogP contribution >= 0.6 is 0 Å². The van der Waals surface area contributed by atoms with Crippen molar-refractivity contribution in [3.63, 3.8) is 0 Å². The third kappa shape index (κ3) is 2.44. The number of nitrogens with one attached hydrogen (secondary N) is 1. The number of benzene rings is 1. The molecule has 0 bridgehead atoms. The zero-order valence-corrected chi connectivity index (χ0v) is 11.0. The van der Waals surface area contributed by atoms with E-state index in [0.29, 0.717) is 5.56 Å². The van der Waals surface area contributed by atoms with Crippen LogP contribution in [0.4, 0.5) is 4.39 Å². The number of halogens is 1. The molecule has 0 amide bonds. The first-order chi connectivity index (χ1) is 8.91. The maximum absolute atomic E-state index is 14.0. The van der Waals surface area contributed by atoms with Crippen LogP contribution in [0.5, 0.6) is 0 Å². The van der Waals surface area contributed by atoms with E-state index in [4.69, 9.17) is 10.2 Å². The second kappa shape index (κ2) is 4.97. The van der Waals surface area contributed by atoms with Crippen molar-refractivity contribution < 1.29 is 8.81 Å². The Kier molecular flexibility index (Phi) is 3.53. The van der Waals surface area contributed by atoms with Gasteiger partial charge >= 0.3 is 5.76 Å². The third-order valence-corrected chi connectivity index (χ3v) is 3.47. The van der Waals surface area contributed by atoms with E-state index in [2.05, 4.69) is 10.2 Å². The van der Waals surface area contributed by atoms with Gasteiger partial charge in [-0.15, -0.1) is 5.10 Å². The Bertz CT molecular complexity index is 648. The molecule has 1 aromatic heterocycles. The van der Waals surface area contributed by atoms with Crippen molar-refractivity contribution in [1.29, 1.82) is 0 Å². The SMILES string of the molecule is Cc1ccc(F)c([C@@H](C)[C@@H](N)c2n[nH]c(=O)o2)c1C. The lowest BCUT2D eigenvalue weighted by Gasteiger charge is -2.20. The summed E-state index contributed by atoms with van der Waals surface area (Å²) in [6.07, 6.45) is 0. The van der Waals surface area contributed by atoms with E-state index in [-0.39, 0.29) is 17.6 Å². The highest BCUT2D eigenvalue weighted by atomic mass is 19.1. The van der Waals surface area contributed by atoms with Crippen LogP contribution in [0.25, 0.3) is 0 Å². The molecule has 0 radical (unpaired) electrons. The number of nitrogens with zero attached hydrogens (tertiary/aromatic N) is 1. The minimum absolute atomic E-state index is 0.0813. The normalized spacial score (nSPS) is 14.4. The van der Waals surface area contributed by atoms with Crippen LogP contribution in [0.3, 0.4) is 0 Å². The maximum Gasteiger partial charge on any atom is 0.434 e. The first kappa shape index (κ1) is 13.5.